The van der Waals surface area contributed by atoms with Crippen molar-refractivity contribution in [1.29, 1.82) is 0 Å². The summed E-state index contributed by atoms with van der Waals surface area (Å²) in [6.45, 7) is 2.22. The predicted octanol–water partition coefficient (Wildman–Crippen LogP) is 2.76. The fourth-order valence-electron chi connectivity index (χ4n) is 0.961. The van der Waals surface area contributed by atoms with E-state index in [4.69, 9.17) is 5.11 Å². The van der Waals surface area contributed by atoms with E-state index in [1.54, 1.807) is 0 Å². The lowest BCUT2D eigenvalue weighted by molar-refractivity contribution is 0.350. The van der Waals surface area contributed by atoms with Crippen molar-refractivity contribution in [2.75, 3.05) is 6.61 Å². The van der Waals surface area contributed by atoms with E-state index in [0.29, 0.717) is 0 Å². The van der Waals surface area contributed by atoms with Gasteiger partial charge in [0.2, 0.25) is 0 Å². The highest BCUT2D eigenvalue weighted by Gasteiger charge is 1.85. The van der Waals surface area contributed by atoms with Crippen LogP contribution in [0, 0.1) is 11.8 Å². The summed E-state index contributed by atoms with van der Waals surface area (Å²) in [5.41, 5.74) is 0. The van der Waals surface area contributed by atoms with Gasteiger partial charge in [0.05, 0.1) is 0 Å². The zero-order valence-corrected chi connectivity index (χ0v) is 8.62. The van der Waals surface area contributed by atoms with Crippen molar-refractivity contribution < 1.29 is 5.11 Å². The maximum Gasteiger partial charge on any atom is 0.104 e. The lowest BCUT2D eigenvalue weighted by Crippen LogP contribution is -1.77. The highest BCUT2D eigenvalue weighted by molar-refractivity contribution is 5.85. The van der Waals surface area contributed by atoms with Gasteiger partial charge in [-0.1, -0.05) is 38.5 Å². The Morgan fingerprint density at radius 3 is 2.25 bits per heavy atom. The second-order valence-corrected chi connectivity index (χ2v) is 2.68. The van der Waals surface area contributed by atoms with Gasteiger partial charge in [-0.3, -0.25) is 0 Å². The molecule has 0 saturated carbocycles. The van der Waals surface area contributed by atoms with Crippen molar-refractivity contribution in [3.63, 3.8) is 0 Å². The van der Waals surface area contributed by atoms with Gasteiger partial charge in [0, 0.05) is 6.42 Å². The maximum atomic E-state index is 8.33. The van der Waals surface area contributed by atoms with E-state index in [-0.39, 0.29) is 19.0 Å². The first kappa shape index (κ1) is 14.3. The van der Waals surface area contributed by atoms with Crippen LogP contribution < -0.4 is 0 Å². The quantitative estimate of drug-likeness (QED) is 0.522. The first-order valence-corrected chi connectivity index (χ1v) is 4.48. The van der Waals surface area contributed by atoms with Crippen LogP contribution in [0.3, 0.4) is 0 Å². The Balaban J connectivity index is 0. The number of hydrogen-bond acceptors (Lipinski definition) is 1. The van der Waals surface area contributed by atoms with Crippen LogP contribution in [0.25, 0.3) is 0 Å². The summed E-state index contributed by atoms with van der Waals surface area (Å²) in [5, 5.41) is 8.33. The van der Waals surface area contributed by atoms with Crippen molar-refractivity contribution in [3.8, 4) is 11.8 Å². The Labute approximate surface area is 82.0 Å². The average molecular weight is 191 g/mol. The second-order valence-electron chi connectivity index (χ2n) is 2.68. The van der Waals surface area contributed by atoms with E-state index < -0.39 is 0 Å². The molecule has 0 saturated heterocycles. The topological polar surface area (TPSA) is 20.2 Å². The second kappa shape index (κ2) is 13.4. The largest absolute Gasteiger partial charge is 0.384 e. The summed E-state index contributed by atoms with van der Waals surface area (Å²) in [5.74, 6) is 5.56. The Morgan fingerprint density at radius 2 is 1.67 bits per heavy atom. The van der Waals surface area contributed by atoms with Crippen LogP contribution in [0.5, 0.6) is 0 Å². The monoisotopic (exact) mass is 190 g/mol. The number of unbranched alkanes of at least 4 members (excludes halogenated alkanes) is 5. The van der Waals surface area contributed by atoms with Crippen LogP contribution in [0.15, 0.2) is 0 Å². The number of aliphatic hydroxyl groups excluding tert-OH is 1. The Hall–Kier alpha value is -0.190. The zero-order chi connectivity index (χ0) is 8.36. The van der Waals surface area contributed by atoms with Gasteiger partial charge in [0.1, 0.15) is 6.61 Å². The summed E-state index contributed by atoms with van der Waals surface area (Å²) >= 11 is 0. The molecule has 2 heteroatoms. The smallest absolute Gasteiger partial charge is 0.104 e. The third kappa shape index (κ3) is 12.5. The van der Waals surface area contributed by atoms with Gasteiger partial charge in [0.25, 0.3) is 0 Å². The molecule has 1 nitrogen and oxygen atoms in total. The Morgan fingerprint density at radius 1 is 1.00 bits per heavy atom. The molecule has 0 fully saturated rings. The van der Waals surface area contributed by atoms with Gasteiger partial charge in [-0.05, 0) is 6.42 Å². The molecule has 0 aromatic heterocycles. The van der Waals surface area contributed by atoms with E-state index in [1.165, 1.54) is 32.1 Å². The maximum absolute atomic E-state index is 8.33. The molecule has 0 aliphatic rings. The van der Waals surface area contributed by atoms with Crippen molar-refractivity contribution in [2.24, 2.45) is 0 Å². The molecule has 0 amide bonds. The van der Waals surface area contributed by atoms with E-state index in [9.17, 15) is 0 Å². The summed E-state index contributed by atoms with van der Waals surface area (Å²) in [4.78, 5) is 0. The zero-order valence-electron chi connectivity index (χ0n) is 7.81. The van der Waals surface area contributed by atoms with Crippen LogP contribution >= 0.6 is 12.4 Å². The number of rotatable bonds is 5. The van der Waals surface area contributed by atoms with Gasteiger partial charge in [-0.25, -0.2) is 0 Å². The first-order chi connectivity index (χ1) is 5.41. The molecule has 0 spiro atoms. The highest BCUT2D eigenvalue weighted by atomic mass is 35.5. The molecule has 0 aromatic carbocycles. The van der Waals surface area contributed by atoms with Crippen LogP contribution in [0.2, 0.25) is 0 Å². The molecule has 0 heterocycles. The molecule has 72 valence electrons. The molecule has 0 aliphatic carbocycles. The van der Waals surface area contributed by atoms with Crippen LogP contribution in [-0.2, 0) is 0 Å². The molecular formula is C10H19ClO. The fourth-order valence-corrected chi connectivity index (χ4v) is 0.961. The molecule has 0 aliphatic heterocycles. The molecule has 0 aromatic rings. The van der Waals surface area contributed by atoms with Crippen molar-refractivity contribution in [2.45, 2.75) is 45.4 Å². The van der Waals surface area contributed by atoms with Crippen LogP contribution in [-0.4, -0.2) is 11.7 Å². The van der Waals surface area contributed by atoms with E-state index in [0.717, 1.165) is 6.42 Å². The Bertz CT molecular complexity index is 124. The SMILES string of the molecule is CCCCCCCC#CCO.Cl. The molecule has 1 N–H and O–H groups in total. The molecule has 0 rings (SSSR count). The van der Waals surface area contributed by atoms with Gasteiger partial charge < -0.3 is 5.11 Å². The number of halogens is 1. The molecule has 0 unspecified atom stereocenters. The normalized spacial score (nSPS) is 8.17. The van der Waals surface area contributed by atoms with Crippen molar-refractivity contribution in [3.05, 3.63) is 0 Å². The minimum absolute atomic E-state index is 0. The summed E-state index contributed by atoms with van der Waals surface area (Å²) in [7, 11) is 0. The van der Waals surface area contributed by atoms with E-state index in [2.05, 4.69) is 18.8 Å². The summed E-state index contributed by atoms with van der Waals surface area (Å²) in [6.07, 6.45) is 7.39. The Kier molecular flexibility index (Phi) is 16.0. The fraction of sp³-hybridized carbons (Fsp3) is 0.800. The predicted molar refractivity (Wildman–Crippen MR) is 55.5 cm³/mol. The summed E-state index contributed by atoms with van der Waals surface area (Å²) < 4.78 is 0. The minimum atomic E-state index is 0. The van der Waals surface area contributed by atoms with Gasteiger partial charge >= 0.3 is 0 Å². The van der Waals surface area contributed by atoms with Gasteiger partial charge in [-0.15, -0.1) is 18.3 Å². The van der Waals surface area contributed by atoms with E-state index >= 15 is 0 Å². The van der Waals surface area contributed by atoms with Crippen LogP contribution in [0.1, 0.15) is 45.4 Å². The third-order valence-corrected chi connectivity index (χ3v) is 1.61. The molecular weight excluding hydrogens is 172 g/mol. The minimum Gasteiger partial charge on any atom is -0.384 e. The lowest BCUT2D eigenvalue weighted by Gasteiger charge is -1.94. The number of aliphatic hydroxyl groups is 1. The standard InChI is InChI=1S/C10H18O.ClH/c1-2-3-4-5-6-7-8-9-10-11;/h11H,2-7,10H2,1H3;1H. The van der Waals surface area contributed by atoms with Crippen molar-refractivity contribution >= 4 is 12.4 Å². The molecule has 0 bridgehead atoms. The summed E-state index contributed by atoms with van der Waals surface area (Å²) in [6, 6.07) is 0. The average Bonchev–Trinajstić information content (AvgIpc) is 2.03. The first-order valence-electron chi connectivity index (χ1n) is 4.48. The van der Waals surface area contributed by atoms with Crippen molar-refractivity contribution in [1.82, 2.24) is 0 Å². The van der Waals surface area contributed by atoms with Gasteiger partial charge in [-0.2, -0.15) is 0 Å². The number of hydrogen-bond donors (Lipinski definition) is 1. The molecule has 0 radical (unpaired) electrons. The third-order valence-electron chi connectivity index (χ3n) is 1.61. The van der Waals surface area contributed by atoms with Gasteiger partial charge in [0.15, 0.2) is 0 Å². The lowest BCUT2D eigenvalue weighted by atomic mass is 10.1. The van der Waals surface area contributed by atoms with E-state index in [1.807, 2.05) is 0 Å². The van der Waals surface area contributed by atoms with Crippen LogP contribution in [0.4, 0.5) is 0 Å². The molecule has 12 heavy (non-hydrogen) atoms. The molecule has 0 atom stereocenters. The highest BCUT2D eigenvalue weighted by Crippen LogP contribution is 2.03.